The van der Waals surface area contributed by atoms with Crippen LogP contribution in [0.4, 0.5) is 11.5 Å². The second-order valence-electron chi connectivity index (χ2n) is 6.90. The zero-order valence-corrected chi connectivity index (χ0v) is 15.6. The number of nitrogens with zero attached hydrogens (tertiary/aromatic N) is 4. The number of amides is 2. The highest BCUT2D eigenvalue weighted by Crippen LogP contribution is 2.28. The van der Waals surface area contributed by atoms with E-state index in [1.165, 1.54) is 4.90 Å². The number of benzene rings is 1. The van der Waals surface area contributed by atoms with Gasteiger partial charge < -0.3 is 14.8 Å². The van der Waals surface area contributed by atoms with Crippen LogP contribution in [-0.2, 0) is 22.6 Å². The highest BCUT2D eigenvalue weighted by molar-refractivity contribution is 6.11. The Hall–Kier alpha value is -3.48. The molecule has 1 unspecified atom stereocenters. The number of aryl methyl sites for hydroxylation is 1. The molecule has 0 saturated heterocycles. The molecular weight excluding hydrogens is 354 g/mol. The van der Waals surface area contributed by atoms with Crippen molar-refractivity contribution in [2.75, 3.05) is 17.3 Å². The summed E-state index contributed by atoms with van der Waals surface area (Å²) in [5.74, 6) is -0.868. The maximum atomic E-state index is 12.8. The fourth-order valence-electron chi connectivity index (χ4n) is 3.47. The minimum atomic E-state index is -0.753. The number of carbonyl (C=O) groups excluding carboxylic acids is 2. The van der Waals surface area contributed by atoms with Gasteiger partial charge in [0.1, 0.15) is 5.92 Å². The number of carbonyl (C=O) groups is 2. The van der Waals surface area contributed by atoms with E-state index in [0.717, 1.165) is 16.8 Å². The van der Waals surface area contributed by atoms with E-state index in [1.54, 1.807) is 32.0 Å². The van der Waals surface area contributed by atoms with Gasteiger partial charge in [-0.1, -0.05) is 30.3 Å². The summed E-state index contributed by atoms with van der Waals surface area (Å²) in [6, 6.07) is 11.9. The Morgan fingerprint density at radius 1 is 1.25 bits per heavy atom. The SMILES string of the molecule is CN1C(=O)C(C(=O)Nc2cn(Cc3ccccc3)cn2)CCc2ccncc21. The Bertz CT molecular complexity index is 999. The van der Waals surface area contributed by atoms with E-state index in [0.29, 0.717) is 25.2 Å². The van der Waals surface area contributed by atoms with Crippen LogP contribution in [0, 0.1) is 5.92 Å². The minimum absolute atomic E-state index is 0.229. The van der Waals surface area contributed by atoms with Gasteiger partial charge in [0, 0.05) is 26.0 Å². The van der Waals surface area contributed by atoms with E-state index in [2.05, 4.69) is 15.3 Å². The molecule has 2 aromatic heterocycles. The first kappa shape index (κ1) is 17.9. The summed E-state index contributed by atoms with van der Waals surface area (Å²) < 4.78 is 1.90. The number of pyridine rings is 1. The number of rotatable bonds is 4. The van der Waals surface area contributed by atoms with Crippen LogP contribution in [0.1, 0.15) is 17.5 Å². The molecule has 3 aromatic rings. The molecule has 28 heavy (non-hydrogen) atoms. The second-order valence-corrected chi connectivity index (χ2v) is 6.90. The predicted octanol–water partition coefficient (Wildman–Crippen LogP) is 2.49. The van der Waals surface area contributed by atoms with Crippen LogP contribution in [0.25, 0.3) is 0 Å². The molecule has 7 heteroatoms. The number of imidazole rings is 1. The van der Waals surface area contributed by atoms with Crippen molar-refractivity contribution < 1.29 is 9.59 Å². The highest BCUT2D eigenvalue weighted by atomic mass is 16.2. The minimum Gasteiger partial charge on any atom is -0.331 e. The average Bonchev–Trinajstić information content (AvgIpc) is 3.10. The van der Waals surface area contributed by atoms with Gasteiger partial charge in [-0.15, -0.1) is 0 Å². The van der Waals surface area contributed by atoms with Crippen LogP contribution < -0.4 is 10.2 Å². The molecule has 7 nitrogen and oxygen atoms in total. The summed E-state index contributed by atoms with van der Waals surface area (Å²) in [6.45, 7) is 0.664. The van der Waals surface area contributed by atoms with Gasteiger partial charge in [0.25, 0.3) is 0 Å². The van der Waals surface area contributed by atoms with E-state index < -0.39 is 5.92 Å². The monoisotopic (exact) mass is 375 g/mol. The second kappa shape index (κ2) is 7.64. The van der Waals surface area contributed by atoms with Gasteiger partial charge in [-0.25, -0.2) is 4.98 Å². The molecule has 1 aliphatic heterocycles. The molecule has 3 heterocycles. The highest BCUT2D eigenvalue weighted by Gasteiger charge is 2.33. The Morgan fingerprint density at radius 2 is 2.07 bits per heavy atom. The van der Waals surface area contributed by atoms with Crippen LogP contribution in [0.15, 0.2) is 61.3 Å². The Morgan fingerprint density at radius 3 is 2.89 bits per heavy atom. The molecule has 0 fully saturated rings. The lowest BCUT2D eigenvalue weighted by Gasteiger charge is -2.20. The lowest BCUT2D eigenvalue weighted by atomic mass is 10.00. The number of nitrogens with one attached hydrogen (secondary N) is 1. The summed E-state index contributed by atoms with van der Waals surface area (Å²) in [5.41, 5.74) is 2.92. The van der Waals surface area contributed by atoms with Gasteiger partial charge in [0.05, 0.1) is 18.2 Å². The summed E-state index contributed by atoms with van der Waals surface area (Å²) in [6.07, 6.45) is 7.92. The first-order chi connectivity index (χ1) is 13.6. The van der Waals surface area contributed by atoms with Gasteiger partial charge >= 0.3 is 0 Å². The van der Waals surface area contributed by atoms with Crippen LogP contribution in [0.3, 0.4) is 0 Å². The molecule has 0 spiro atoms. The van der Waals surface area contributed by atoms with Crippen LogP contribution in [0.2, 0.25) is 0 Å². The maximum absolute atomic E-state index is 12.8. The first-order valence-electron chi connectivity index (χ1n) is 9.19. The number of fused-ring (bicyclic) bond motifs is 1. The molecule has 2 amide bonds. The summed E-state index contributed by atoms with van der Waals surface area (Å²) in [7, 11) is 1.68. The van der Waals surface area contributed by atoms with Crippen molar-refractivity contribution in [1.29, 1.82) is 0 Å². The van der Waals surface area contributed by atoms with Gasteiger partial charge in [-0.05, 0) is 30.0 Å². The Labute approximate surface area is 163 Å². The van der Waals surface area contributed by atoms with E-state index in [9.17, 15) is 9.59 Å². The largest absolute Gasteiger partial charge is 0.331 e. The Balaban J connectivity index is 1.45. The van der Waals surface area contributed by atoms with Gasteiger partial charge in [0.2, 0.25) is 11.8 Å². The number of hydrogen-bond acceptors (Lipinski definition) is 4. The molecule has 0 aliphatic carbocycles. The lowest BCUT2D eigenvalue weighted by molar-refractivity contribution is -0.130. The summed E-state index contributed by atoms with van der Waals surface area (Å²) in [4.78, 5) is 35.4. The van der Waals surface area contributed by atoms with E-state index in [4.69, 9.17) is 0 Å². The smallest absolute Gasteiger partial charge is 0.239 e. The van der Waals surface area contributed by atoms with Crippen molar-refractivity contribution in [3.8, 4) is 0 Å². The number of aromatic nitrogens is 3. The van der Waals surface area contributed by atoms with Crippen LogP contribution >= 0.6 is 0 Å². The molecule has 0 radical (unpaired) electrons. The maximum Gasteiger partial charge on any atom is 0.239 e. The van der Waals surface area contributed by atoms with E-state index in [-0.39, 0.29) is 11.8 Å². The molecule has 1 atom stereocenters. The normalized spacial score (nSPS) is 16.4. The number of hydrogen-bond donors (Lipinski definition) is 1. The fourth-order valence-corrected chi connectivity index (χ4v) is 3.47. The molecule has 142 valence electrons. The van der Waals surface area contributed by atoms with Gasteiger partial charge in [-0.2, -0.15) is 0 Å². The molecule has 1 aromatic carbocycles. The predicted molar refractivity (Wildman–Crippen MR) is 106 cm³/mol. The average molecular weight is 375 g/mol. The molecule has 4 rings (SSSR count). The molecular formula is C21H21N5O2. The number of anilines is 2. The van der Waals surface area contributed by atoms with E-state index in [1.807, 2.05) is 41.0 Å². The van der Waals surface area contributed by atoms with Crippen molar-refractivity contribution in [2.45, 2.75) is 19.4 Å². The third-order valence-electron chi connectivity index (χ3n) is 4.99. The van der Waals surface area contributed by atoms with Crippen molar-refractivity contribution in [3.63, 3.8) is 0 Å². The first-order valence-corrected chi connectivity index (χ1v) is 9.19. The standard InChI is InChI=1S/C21H21N5O2/c1-25-18-11-22-10-9-16(18)7-8-17(21(25)28)20(27)24-19-13-26(14-23-19)12-15-5-3-2-4-6-15/h2-6,9-11,13-14,17H,7-8,12H2,1H3,(H,24,27). The van der Waals surface area contributed by atoms with Gasteiger partial charge in [-0.3, -0.25) is 14.6 Å². The van der Waals surface area contributed by atoms with Gasteiger partial charge in [0.15, 0.2) is 5.82 Å². The van der Waals surface area contributed by atoms with Crippen molar-refractivity contribution in [3.05, 3.63) is 72.4 Å². The third kappa shape index (κ3) is 3.64. The Kier molecular flexibility index (Phi) is 4.89. The van der Waals surface area contributed by atoms with E-state index >= 15 is 0 Å². The fraction of sp³-hybridized carbons (Fsp3) is 0.238. The third-order valence-corrected chi connectivity index (χ3v) is 4.99. The lowest BCUT2D eigenvalue weighted by Crippen LogP contribution is -2.38. The summed E-state index contributed by atoms with van der Waals surface area (Å²) in [5, 5.41) is 2.79. The molecule has 0 saturated carbocycles. The van der Waals surface area contributed by atoms with Crippen LogP contribution in [0.5, 0.6) is 0 Å². The van der Waals surface area contributed by atoms with Crippen molar-refractivity contribution in [2.24, 2.45) is 5.92 Å². The topological polar surface area (TPSA) is 80.1 Å². The molecule has 1 aliphatic rings. The molecule has 0 bridgehead atoms. The quantitative estimate of drug-likeness (QED) is 0.711. The van der Waals surface area contributed by atoms with Crippen LogP contribution in [-0.4, -0.2) is 33.4 Å². The van der Waals surface area contributed by atoms with Crippen molar-refractivity contribution in [1.82, 2.24) is 14.5 Å². The zero-order valence-electron chi connectivity index (χ0n) is 15.6. The molecule has 1 N–H and O–H groups in total. The summed E-state index contributed by atoms with van der Waals surface area (Å²) >= 11 is 0. The van der Waals surface area contributed by atoms with Crippen molar-refractivity contribution >= 4 is 23.3 Å². The zero-order chi connectivity index (χ0) is 19.5.